The van der Waals surface area contributed by atoms with Crippen LogP contribution in [0.2, 0.25) is 0 Å². The topological polar surface area (TPSA) is 9.23 Å². The molecule has 9 heteroatoms. The van der Waals surface area contributed by atoms with E-state index >= 15 is 0 Å². The molecule has 0 N–H and O–H groups in total. The standard InChI is InChI=1S/C11H24NO.CBF6/c1-3-7-12(8-5-6-9-12)11-13-10-4-2;3-1(4,5)2(6,7)8/h3-11H2,1-2H3;/q+1;-1. The highest BCUT2D eigenvalue weighted by Gasteiger charge is 2.53. The molecule has 1 rings (SSSR count). The van der Waals surface area contributed by atoms with E-state index in [0.29, 0.717) is 0 Å². The van der Waals surface area contributed by atoms with Crippen LogP contribution >= 0.6 is 0 Å². The Bertz CT molecular complexity index is 264. The summed E-state index contributed by atoms with van der Waals surface area (Å²) in [6.07, 6.45) is -0.771. The maximum atomic E-state index is 10.5. The largest absolute Gasteiger partial charge is 0.583 e. The van der Waals surface area contributed by atoms with Crippen molar-refractivity contribution >= 4 is 6.98 Å². The summed E-state index contributed by atoms with van der Waals surface area (Å²) in [5, 5.41) is 0. The van der Waals surface area contributed by atoms with Crippen LogP contribution in [0.25, 0.3) is 0 Å². The summed E-state index contributed by atoms with van der Waals surface area (Å²) in [6, 6.07) is 0. The molecule has 0 aromatic rings. The molecule has 1 heterocycles. The smallest absolute Gasteiger partial charge is 0.443 e. The van der Waals surface area contributed by atoms with Crippen molar-refractivity contribution in [3.63, 3.8) is 0 Å². The van der Waals surface area contributed by atoms with Gasteiger partial charge in [-0.25, -0.2) is 13.2 Å². The number of hydrogen-bond donors (Lipinski definition) is 0. The Morgan fingerprint density at radius 3 is 1.81 bits per heavy atom. The fourth-order valence-electron chi connectivity index (χ4n) is 2.30. The molecule has 128 valence electrons. The lowest BCUT2D eigenvalue weighted by Crippen LogP contribution is -2.47. The lowest BCUT2D eigenvalue weighted by atomic mass is 9.92. The van der Waals surface area contributed by atoms with Gasteiger partial charge in [-0.2, -0.15) is 0 Å². The molecule has 0 bridgehead atoms. The summed E-state index contributed by atoms with van der Waals surface area (Å²) >= 11 is 0. The van der Waals surface area contributed by atoms with Gasteiger partial charge in [0, 0.05) is 12.8 Å². The average molecular weight is 323 g/mol. The lowest BCUT2D eigenvalue weighted by Gasteiger charge is -2.33. The molecule has 1 aliphatic heterocycles. The first-order valence-corrected chi connectivity index (χ1v) is 7.27. The summed E-state index contributed by atoms with van der Waals surface area (Å²) in [5.41, 5.74) is 0. The van der Waals surface area contributed by atoms with E-state index in [1.807, 2.05) is 0 Å². The molecule has 0 atom stereocenters. The zero-order valence-corrected chi connectivity index (χ0v) is 12.6. The summed E-state index contributed by atoms with van der Waals surface area (Å²) in [4.78, 5) is 0. The molecule has 0 aromatic carbocycles. The van der Waals surface area contributed by atoms with E-state index in [1.165, 1.54) is 43.4 Å². The summed E-state index contributed by atoms with van der Waals surface area (Å²) in [7, 11) is 0. The van der Waals surface area contributed by atoms with Crippen LogP contribution in [0.3, 0.4) is 0 Å². The van der Waals surface area contributed by atoms with Crippen molar-refractivity contribution in [3.05, 3.63) is 0 Å². The summed E-state index contributed by atoms with van der Waals surface area (Å²) in [6.45, 7) is 3.70. The Kier molecular flexibility index (Phi) is 8.69. The SMILES string of the molecule is CCCOC[N+]1(CCC)CCCC1.F[B-](F)(F)C(F)(F)F. The van der Waals surface area contributed by atoms with Crippen LogP contribution in [0.15, 0.2) is 0 Å². The first kappa shape index (κ1) is 20.6. The molecule has 21 heavy (non-hydrogen) atoms. The van der Waals surface area contributed by atoms with Gasteiger partial charge in [0.15, 0.2) is 6.73 Å². The third-order valence-corrected chi connectivity index (χ3v) is 3.30. The Balaban J connectivity index is 0.000000433. The van der Waals surface area contributed by atoms with Crippen LogP contribution in [0.1, 0.15) is 39.5 Å². The van der Waals surface area contributed by atoms with Crippen LogP contribution < -0.4 is 0 Å². The number of quaternary nitrogens is 1. The lowest BCUT2D eigenvalue weighted by molar-refractivity contribution is -0.935. The molecular formula is C12H24BF6NO. The molecule has 1 saturated heterocycles. The van der Waals surface area contributed by atoms with Crippen LogP contribution in [0.4, 0.5) is 26.1 Å². The quantitative estimate of drug-likeness (QED) is 0.306. The third kappa shape index (κ3) is 7.94. The minimum Gasteiger partial charge on any atom is -0.443 e. The molecule has 0 aliphatic carbocycles. The van der Waals surface area contributed by atoms with Gasteiger partial charge in [0.05, 0.1) is 26.2 Å². The second-order valence-corrected chi connectivity index (χ2v) is 5.37. The van der Waals surface area contributed by atoms with Crippen molar-refractivity contribution in [1.82, 2.24) is 0 Å². The number of ether oxygens (including phenoxy) is 1. The molecule has 0 aromatic heterocycles. The van der Waals surface area contributed by atoms with Gasteiger partial charge >= 0.3 is 13.1 Å². The first-order chi connectivity index (χ1) is 9.58. The van der Waals surface area contributed by atoms with E-state index in [2.05, 4.69) is 13.8 Å². The second kappa shape index (κ2) is 8.87. The Hall–Kier alpha value is -0.435. The second-order valence-electron chi connectivity index (χ2n) is 5.37. The number of rotatable bonds is 6. The molecule has 0 saturated carbocycles. The van der Waals surface area contributed by atoms with Crippen molar-refractivity contribution in [3.8, 4) is 0 Å². The fraction of sp³-hybridized carbons (Fsp3) is 1.00. The van der Waals surface area contributed by atoms with Gasteiger partial charge in [-0.05, 0) is 12.8 Å². The van der Waals surface area contributed by atoms with Gasteiger partial charge in [-0.15, -0.1) is 0 Å². The van der Waals surface area contributed by atoms with Gasteiger partial charge < -0.3 is 22.2 Å². The van der Waals surface area contributed by atoms with Crippen LogP contribution in [-0.4, -0.2) is 50.5 Å². The summed E-state index contributed by atoms with van der Waals surface area (Å²) in [5.74, 6) is 0. The van der Waals surface area contributed by atoms with E-state index in [-0.39, 0.29) is 0 Å². The molecule has 2 nitrogen and oxygen atoms in total. The van der Waals surface area contributed by atoms with Gasteiger partial charge in [0.1, 0.15) is 0 Å². The van der Waals surface area contributed by atoms with Gasteiger partial charge in [0.2, 0.25) is 0 Å². The monoisotopic (exact) mass is 323 g/mol. The highest BCUT2D eigenvalue weighted by atomic mass is 19.4. The minimum absolute atomic E-state index is 0.934. The van der Waals surface area contributed by atoms with E-state index in [0.717, 1.165) is 19.8 Å². The molecule has 0 unspecified atom stereocenters. The van der Waals surface area contributed by atoms with Gasteiger partial charge in [-0.3, -0.25) is 0 Å². The zero-order chi connectivity index (χ0) is 16.6. The van der Waals surface area contributed by atoms with Crippen molar-refractivity contribution < 1.29 is 35.3 Å². The molecule has 0 radical (unpaired) electrons. The van der Waals surface area contributed by atoms with Crippen molar-refractivity contribution in [1.29, 1.82) is 0 Å². The molecular weight excluding hydrogens is 299 g/mol. The predicted octanol–water partition coefficient (Wildman–Crippen LogP) is 4.33. The predicted molar refractivity (Wildman–Crippen MR) is 70.6 cm³/mol. The molecule has 1 fully saturated rings. The van der Waals surface area contributed by atoms with Crippen LogP contribution in [0.5, 0.6) is 0 Å². The zero-order valence-electron chi connectivity index (χ0n) is 12.6. The number of likely N-dealkylation sites (tertiary alicyclic amines) is 1. The van der Waals surface area contributed by atoms with Crippen LogP contribution in [0, 0.1) is 0 Å². The normalized spacial score (nSPS) is 18.3. The number of alkyl halides is 3. The van der Waals surface area contributed by atoms with Crippen molar-refractivity contribution in [2.75, 3.05) is 33.0 Å². The van der Waals surface area contributed by atoms with Crippen LogP contribution in [-0.2, 0) is 4.74 Å². The third-order valence-electron chi connectivity index (χ3n) is 3.30. The highest BCUT2D eigenvalue weighted by Crippen LogP contribution is 2.31. The number of nitrogens with zero attached hydrogens (tertiary/aromatic N) is 1. The van der Waals surface area contributed by atoms with E-state index in [4.69, 9.17) is 4.74 Å². The first-order valence-electron chi connectivity index (χ1n) is 7.27. The summed E-state index contributed by atoms with van der Waals surface area (Å²) < 4.78 is 69.8. The minimum atomic E-state index is -6.65. The highest BCUT2D eigenvalue weighted by molar-refractivity contribution is 6.60. The van der Waals surface area contributed by atoms with Gasteiger partial charge in [-0.1, -0.05) is 13.8 Å². The van der Waals surface area contributed by atoms with Gasteiger partial charge in [0.25, 0.3) is 0 Å². The van der Waals surface area contributed by atoms with Crippen molar-refractivity contribution in [2.24, 2.45) is 0 Å². The van der Waals surface area contributed by atoms with E-state index in [1.54, 1.807) is 0 Å². The van der Waals surface area contributed by atoms with Crippen molar-refractivity contribution in [2.45, 2.75) is 45.6 Å². The Morgan fingerprint density at radius 1 is 1.00 bits per heavy atom. The van der Waals surface area contributed by atoms with E-state index in [9.17, 15) is 26.1 Å². The van der Waals surface area contributed by atoms with E-state index < -0.39 is 13.1 Å². The molecule has 0 spiro atoms. The Labute approximate surface area is 122 Å². The average Bonchev–Trinajstić information content (AvgIpc) is 2.77. The molecule has 1 aliphatic rings. The molecule has 0 amide bonds. The number of hydrogen-bond acceptors (Lipinski definition) is 1. The number of halogens is 6. The maximum absolute atomic E-state index is 10.5. The maximum Gasteiger partial charge on any atom is 0.583 e. The fourth-order valence-corrected chi connectivity index (χ4v) is 2.30. The Morgan fingerprint density at radius 2 is 1.48 bits per heavy atom.